The summed E-state index contributed by atoms with van der Waals surface area (Å²) in [7, 11) is 0. The molecule has 0 atom stereocenters. The smallest absolute Gasteiger partial charge is 0.0329 e. The third kappa shape index (κ3) is 2.95. The van der Waals surface area contributed by atoms with E-state index >= 15 is 0 Å². The largest absolute Gasteiger partial charge is 0.132 e. The molecule has 0 bridgehead atoms. The average Bonchev–Trinajstić information content (AvgIpc) is 1.89. The first-order chi connectivity index (χ1) is 4.18. The van der Waals surface area contributed by atoms with Crippen molar-refractivity contribution in [3.05, 3.63) is 18.4 Å². The molecule has 0 aromatic heterocycles. The summed E-state index contributed by atoms with van der Waals surface area (Å²) < 4.78 is 0. The third-order valence-electron chi connectivity index (χ3n) is 1.06. The first-order valence-corrected chi connectivity index (χ1v) is 3.74. The lowest BCUT2D eigenvalue weighted by molar-refractivity contribution is 0.561. The van der Waals surface area contributed by atoms with E-state index in [0.717, 1.165) is 0 Å². The van der Waals surface area contributed by atoms with Gasteiger partial charge in [0.05, 0.1) is 0 Å². The molecule has 0 unspecified atom stereocenters. The van der Waals surface area contributed by atoms with Gasteiger partial charge >= 0.3 is 0 Å². The van der Waals surface area contributed by atoms with Gasteiger partial charge in [0.1, 0.15) is 0 Å². The minimum atomic E-state index is -0.134. The molecule has 0 aromatic carbocycles. The Bertz CT molecular complexity index is 119. The minimum Gasteiger partial charge on any atom is -0.132 e. The highest BCUT2D eigenvalue weighted by atomic mass is 35.5. The SMILES string of the molecule is C=C=CC(C)(CCl)CCl. The highest BCUT2D eigenvalue weighted by molar-refractivity contribution is 6.21. The molecule has 52 valence electrons. The van der Waals surface area contributed by atoms with E-state index in [1.54, 1.807) is 6.08 Å². The standard InChI is InChI=1S/C7H10Cl2/c1-3-4-7(2,5-8)6-9/h4H,1,5-6H2,2H3. The zero-order chi connectivity index (χ0) is 7.33. The zero-order valence-electron chi connectivity index (χ0n) is 5.45. The van der Waals surface area contributed by atoms with Crippen molar-refractivity contribution in [1.82, 2.24) is 0 Å². The lowest BCUT2D eigenvalue weighted by Crippen LogP contribution is -2.16. The number of allylic oxidation sites excluding steroid dienone is 1. The summed E-state index contributed by atoms with van der Waals surface area (Å²) in [6.07, 6.45) is 1.80. The van der Waals surface area contributed by atoms with Crippen molar-refractivity contribution >= 4 is 23.2 Å². The van der Waals surface area contributed by atoms with Crippen LogP contribution >= 0.6 is 23.2 Å². The van der Waals surface area contributed by atoms with Crippen molar-refractivity contribution in [2.75, 3.05) is 11.8 Å². The summed E-state index contributed by atoms with van der Waals surface area (Å²) in [4.78, 5) is 0. The minimum absolute atomic E-state index is 0.134. The van der Waals surface area contributed by atoms with Gasteiger partial charge in [0, 0.05) is 17.2 Å². The topological polar surface area (TPSA) is 0 Å². The molecule has 0 saturated heterocycles. The molecule has 0 N–H and O–H groups in total. The first-order valence-electron chi connectivity index (χ1n) is 2.67. The van der Waals surface area contributed by atoms with Crippen molar-refractivity contribution in [2.24, 2.45) is 5.41 Å². The van der Waals surface area contributed by atoms with E-state index in [-0.39, 0.29) is 5.41 Å². The van der Waals surface area contributed by atoms with Crippen LogP contribution in [0.15, 0.2) is 18.4 Å². The maximum Gasteiger partial charge on any atom is 0.0329 e. The Morgan fingerprint density at radius 1 is 1.56 bits per heavy atom. The number of hydrogen-bond acceptors (Lipinski definition) is 0. The second-order valence-corrected chi connectivity index (χ2v) is 2.80. The Labute approximate surface area is 66.2 Å². The summed E-state index contributed by atoms with van der Waals surface area (Å²) in [6.45, 7) is 5.41. The maximum absolute atomic E-state index is 5.60. The molecule has 0 rings (SSSR count). The lowest BCUT2D eigenvalue weighted by atomic mass is 9.96. The van der Waals surface area contributed by atoms with Crippen LogP contribution in [0.4, 0.5) is 0 Å². The molecule has 0 nitrogen and oxygen atoms in total. The van der Waals surface area contributed by atoms with Crippen LogP contribution in [0.5, 0.6) is 0 Å². The normalized spacial score (nSPS) is 10.6. The first kappa shape index (κ1) is 9.10. The molecule has 2 heteroatoms. The average molecular weight is 165 g/mol. The van der Waals surface area contributed by atoms with Crippen molar-refractivity contribution in [3.8, 4) is 0 Å². The quantitative estimate of drug-likeness (QED) is 0.445. The van der Waals surface area contributed by atoms with Gasteiger partial charge in [0.25, 0.3) is 0 Å². The number of hydrogen-bond donors (Lipinski definition) is 0. The van der Waals surface area contributed by atoms with E-state index in [9.17, 15) is 0 Å². The fourth-order valence-electron chi connectivity index (χ4n) is 0.359. The molecule has 0 spiro atoms. The summed E-state index contributed by atoms with van der Waals surface area (Å²) >= 11 is 11.2. The van der Waals surface area contributed by atoms with Gasteiger partial charge in [0.2, 0.25) is 0 Å². The Morgan fingerprint density at radius 3 is 2.11 bits per heavy atom. The summed E-state index contributed by atoms with van der Waals surface area (Å²) in [6, 6.07) is 0. The van der Waals surface area contributed by atoms with Crippen molar-refractivity contribution < 1.29 is 0 Å². The second kappa shape index (κ2) is 4.00. The molecule has 0 aliphatic rings. The molecule has 0 aliphatic heterocycles. The van der Waals surface area contributed by atoms with Crippen LogP contribution in [0.2, 0.25) is 0 Å². The molecule has 0 radical (unpaired) electrons. The van der Waals surface area contributed by atoms with Crippen LogP contribution in [0.25, 0.3) is 0 Å². The highest BCUT2D eigenvalue weighted by Crippen LogP contribution is 2.20. The summed E-state index contributed by atoms with van der Waals surface area (Å²) in [5, 5.41) is 0. The number of rotatable bonds is 3. The zero-order valence-corrected chi connectivity index (χ0v) is 6.97. The maximum atomic E-state index is 5.60. The predicted molar refractivity (Wildman–Crippen MR) is 43.3 cm³/mol. The van der Waals surface area contributed by atoms with Crippen molar-refractivity contribution in [3.63, 3.8) is 0 Å². The van der Waals surface area contributed by atoms with E-state index < -0.39 is 0 Å². The number of alkyl halides is 2. The molecule has 0 aliphatic carbocycles. The molecule has 0 aromatic rings. The van der Waals surface area contributed by atoms with E-state index in [0.29, 0.717) is 11.8 Å². The highest BCUT2D eigenvalue weighted by Gasteiger charge is 2.17. The lowest BCUT2D eigenvalue weighted by Gasteiger charge is -2.16. The van der Waals surface area contributed by atoms with E-state index in [2.05, 4.69) is 12.3 Å². The van der Waals surface area contributed by atoms with E-state index in [1.807, 2.05) is 6.92 Å². The Balaban J connectivity index is 4.08. The molecule has 0 amide bonds. The van der Waals surface area contributed by atoms with Crippen LogP contribution in [0.3, 0.4) is 0 Å². The van der Waals surface area contributed by atoms with Gasteiger partial charge in [-0.25, -0.2) is 0 Å². The van der Waals surface area contributed by atoms with Gasteiger partial charge in [-0.2, -0.15) is 0 Å². The van der Waals surface area contributed by atoms with Gasteiger partial charge in [-0.3, -0.25) is 0 Å². The van der Waals surface area contributed by atoms with Gasteiger partial charge in [-0.05, 0) is 6.08 Å². The molecule has 0 fully saturated rings. The Kier molecular flexibility index (Phi) is 4.05. The summed E-state index contributed by atoms with van der Waals surface area (Å²) in [5.74, 6) is 1.03. The van der Waals surface area contributed by atoms with Crippen LogP contribution in [-0.4, -0.2) is 11.8 Å². The molecular formula is C7H10Cl2. The van der Waals surface area contributed by atoms with E-state index in [1.165, 1.54) is 0 Å². The predicted octanol–water partition coefficient (Wildman–Crippen LogP) is 2.81. The van der Waals surface area contributed by atoms with E-state index in [4.69, 9.17) is 23.2 Å². The molecule has 9 heavy (non-hydrogen) atoms. The van der Waals surface area contributed by atoms with Crippen LogP contribution < -0.4 is 0 Å². The van der Waals surface area contributed by atoms with Crippen LogP contribution in [-0.2, 0) is 0 Å². The van der Waals surface area contributed by atoms with Crippen molar-refractivity contribution in [2.45, 2.75) is 6.92 Å². The Morgan fingerprint density at radius 2 is 2.00 bits per heavy atom. The fraction of sp³-hybridized carbons (Fsp3) is 0.571. The Hall–Kier alpha value is 0.100. The third-order valence-corrected chi connectivity index (χ3v) is 2.28. The monoisotopic (exact) mass is 164 g/mol. The van der Waals surface area contributed by atoms with Crippen LogP contribution in [0, 0.1) is 5.41 Å². The molecular weight excluding hydrogens is 155 g/mol. The van der Waals surface area contributed by atoms with Gasteiger partial charge in [0.15, 0.2) is 0 Å². The summed E-state index contributed by atoms with van der Waals surface area (Å²) in [5.41, 5.74) is 2.53. The van der Waals surface area contributed by atoms with Crippen molar-refractivity contribution in [1.29, 1.82) is 0 Å². The van der Waals surface area contributed by atoms with Gasteiger partial charge in [-0.15, -0.1) is 28.9 Å². The van der Waals surface area contributed by atoms with Gasteiger partial charge in [-0.1, -0.05) is 13.5 Å². The van der Waals surface area contributed by atoms with Gasteiger partial charge < -0.3 is 0 Å². The molecule has 0 saturated carbocycles. The second-order valence-electron chi connectivity index (χ2n) is 2.27. The fourth-order valence-corrected chi connectivity index (χ4v) is 0.799. The molecule has 0 heterocycles. The van der Waals surface area contributed by atoms with Crippen LogP contribution in [0.1, 0.15) is 6.92 Å². The number of halogens is 2.